The Bertz CT molecular complexity index is 1370. The van der Waals surface area contributed by atoms with E-state index in [0.29, 0.717) is 27.1 Å². The fourth-order valence-corrected chi connectivity index (χ4v) is 6.17. The molecule has 3 aromatic carbocycles. The number of fused-ring (bicyclic) bond motifs is 2. The number of imide groups is 1. The maximum Gasteiger partial charge on any atom is 0.276 e. The van der Waals surface area contributed by atoms with Crippen molar-refractivity contribution in [3.8, 4) is 0 Å². The highest BCUT2D eigenvalue weighted by molar-refractivity contribution is 8.02. The molecule has 168 valence electrons. The Morgan fingerprint density at radius 1 is 0.941 bits per heavy atom. The highest BCUT2D eigenvalue weighted by Crippen LogP contribution is 2.53. The number of para-hydroxylation sites is 2. The largest absolute Gasteiger partial charge is 0.357 e. The van der Waals surface area contributed by atoms with Gasteiger partial charge in [0.2, 0.25) is 4.87 Å². The zero-order valence-electron chi connectivity index (χ0n) is 17.5. The van der Waals surface area contributed by atoms with Crippen molar-refractivity contribution in [2.24, 2.45) is 0 Å². The molecule has 34 heavy (non-hydrogen) atoms. The zero-order valence-corrected chi connectivity index (χ0v) is 19.9. The third kappa shape index (κ3) is 3.14. The first-order valence-electron chi connectivity index (χ1n) is 10.6. The molecule has 0 aliphatic carbocycles. The lowest BCUT2D eigenvalue weighted by Crippen LogP contribution is -2.65. The predicted octanol–water partition coefficient (Wildman–Crippen LogP) is 4.60. The van der Waals surface area contributed by atoms with Crippen molar-refractivity contribution < 1.29 is 9.59 Å². The number of rotatable bonds is 2. The molecule has 3 aliphatic rings. The molecule has 1 spiro atoms. The first-order chi connectivity index (χ1) is 16.5. The summed E-state index contributed by atoms with van der Waals surface area (Å²) in [5.74, 6) is -0.784. The van der Waals surface area contributed by atoms with E-state index in [2.05, 4.69) is 16.0 Å². The summed E-state index contributed by atoms with van der Waals surface area (Å²) in [5.41, 5.74) is 3.02. The van der Waals surface area contributed by atoms with E-state index in [9.17, 15) is 9.59 Å². The zero-order chi connectivity index (χ0) is 23.4. The van der Waals surface area contributed by atoms with Crippen LogP contribution in [0.1, 0.15) is 11.6 Å². The Kier molecular flexibility index (Phi) is 4.91. The normalized spacial score (nSPS) is 23.3. The maximum absolute atomic E-state index is 14.1. The van der Waals surface area contributed by atoms with Crippen LogP contribution in [0.2, 0.25) is 5.02 Å². The average molecular weight is 505 g/mol. The molecular weight excluding hydrogens is 488 g/mol. The van der Waals surface area contributed by atoms with Gasteiger partial charge in [-0.15, -0.1) is 0 Å². The summed E-state index contributed by atoms with van der Waals surface area (Å²) < 4.78 is 0. The number of nitrogens with zero attached hydrogens (tertiary/aromatic N) is 1. The molecule has 2 atom stereocenters. The second kappa shape index (κ2) is 7.87. The van der Waals surface area contributed by atoms with Gasteiger partial charge in [-0.1, -0.05) is 65.8 Å². The van der Waals surface area contributed by atoms with E-state index in [1.165, 1.54) is 16.7 Å². The number of halogens is 1. The van der Waals surface area contributed by atoms with E-state index in [0.717, 1.165) is 16.1 Å². The number of hydrogen-bond donors (Lipinski definition) is 3. The van der Waals surface area contributed by atoms with Crippen LogP contribution in [0.25, 0.3) is 0 Å². The number of carbonyl (C=O) groups is 2. The van der Waals surface area contributed by atoms with Gasteiger partial charge < -0.3 is 16.0 Å². The number of benzene rings is 3. The lowest BCUT2D eigenvalue weighted by molar-refractivity contribution is -0.126. The molecule has 0 fully saturated rings. The minimum absolute atomic E-state index is 0.338. The summed E-state index contributed by atoms with van der Waals surface area (Å²) in [4.78, 5) is 29.0. The molecular formula is C25H17ClN4O2S2. The predicted molar refractivity (Wildman–Crippen MR) is 138 cm³/mol. The topological polar surface area (TPSA) is 73.5 Å². The summed E-state index contributed by atoms with van der Waals surface area (Å²) in [7, 11) is 0. The summed E-state index contributed by atoms with van der Waals surface area (Å²) in [6.07, 6.45) is 0. The standard InChI is InChI=1S/C25H17ClN4O2S2/c26-15-12-10-14(11-13-15)20-19-21(28-24(33)27-20)25(29-17-8-4-5-9-18(17)34-25)23(32)30(22(19)31)16-6-2-1-3-7-16/h1-13,20,29H,(H2,27,28,33). The Morgan fingerprint density at radius 3 is 2.38 bits per heavy atom. The van der Waals surface area contributed by atoms with Gasteiger partial charge in [-0.25, -0.2) is 4.90 Å². The molecule has 3 N–H and O–H groups in total. The van der Waals surface area contributed by atoms with Crippen LogP contribution in [0.4, 0.5) is 11.4 Å². The van der Waals surface area contributed by atoms with E-state index >= 15 is 0 Å². The molecule has 0 bridgehead atoms. The molecule has 3 aromatic rings. The Hall–Kier alpha value is -3.33. The molecule has 0 saturated heterocycles. The first-order valence-corrected chi connectivity index (χ1v) is 12.2. The molecule has 2 unspecified atom stereocenters. The van der Waals surface area contributed by atoms with Gasteiger partial charge in [0.25, 0.3) is 11.8 Å². The summed E-state index contributed by atoms with van der Waals surface area (Å²) in [6, 6.07) is 23.4. The smallest absolute Gasteiger partial charge is 0.276 e. The van der Waals surface area contributed by atoms with E-state index in [-0.39, 0.29) is 5.91 Å². The van der Waals surface area contributed by atoms with Crippen molar-refractivity contribution in [2.45, 2.75) is 15.8 Å². The fraction of sp³-hybridized carbons (Fsp3) is 0.0800. The van der Waals surface area contributed by atoms with Crippen LogP contribution in [0, 0.1) is 0 Å². The number of thioether (sulfide) groups is 1. The van der Waals surface area contributed by atoms with Gasteiger partial charge in [-0.05, 0) is 54.2 Å². The van der Waals surface area contributed by atoms with Crippen molar-refractivity contribution in [3.05, 3.63) is 101 Å². The number of thiocarbonyl (C=S) groups is 1. The number of carbonyl (C=O) groups excluding carboxylic acids is 2. The SMILES string of the molecule is O=C1C2=C(NC(=S)NC2c2ccc(Cl)cc2)C2(Nc3ccccc3S2)C(=O)N1c1ccccc1. The van der Waals surface area contributed by atoms with Crippen LogP contribution in [0.15, 0.2) is 95.0 Å². The third-order valence-electron chi connectivity index (χ3n) is 6.04. The third-order valence-corrected chi connectivity index (χ3v) is 7.88. The lowest BCUT2D eigenvalue weighted by Gasteiger charge is -2.45. The van der Waals surface area contributed by atoms with Crippen molar-refractivity contribution in [2.75, 3.05) is 10.2 Å². The minimum atomic E-state index is -1.28. The molecule has 2 amide bonds. The molecule has 9 heteroatoms. The molecule has 0 saturated carbocycles. The molecule has 3 aliphatic heterocycles. The lowest BCUT2D eigenvalue weighted by atomic mass is 9.88. The van der Waals surface area contributed by atoms with Gasteiger partial charge in [0.05, 0.1) is 23.0 Å². The number of hydrogen-bond acceptors (Lipinski definition) is 5. The van der Waals surface area contributed by atoms with Crippen molar-refractivity contribution in [3.63, 3.8) is 0 Å². The number of amides is 2. The summed E-state index contributed by atoms with van der Waals surface area (Å²) in [5, 5.41) is 10.7. The molecule has 0 radical (unpaired) electrons. The Morgan fingerprint density at radius 2 is 1.65 bits per heavy atom. The van der Waals surface area contributed by atoms with Gasteiger partial charge in [0.15, 0.2) is 5.11 Å². The van der Waals surface area contributed by atoms with Crippen LogP contribution >= 0.6 is 35.6 Å². The monoisotopic (exact) mass is 504 g/mol. The maximum atomic E-state index is 14.1. The van der Waals surface area contributed by atoms with Crippen LogP contribution in [-0.2, 0) is 9.59 Å². The molecule has 3 heterocycles. The molecule has 6 nitrogen and oxygen atoms in total. The molecule has 0 aromatic heterocycles. The highest BCUT2D eigenvalue weighted by Gasteiger charge is 2.59. The number of nitrogens with one attached hydrogen (secondary N) is 3. The van der Waals surface area contributed by atoms with E-state index < -0.39 is 16.8 Å². The average Bonchev–Trinajstić information content (AvgIpc) is 3.24. The van der Waals surface area contributed by atoms with Crippen LogP contribution in [0.5, 0.6) is 0 Å². The minimum Gasteiger partial charge on any atom is -0.357 e. The first kappa shape index (κ1) is 21.2. The van der Waals surface area contributed by atoms with E-state index in [1.807, 2.05) is 42.5 Å². The Balaban J connectivity index is 1.59. The van der Waals surface area contributed by atoms with Crippen molar-refractivity contribution in [1.82, 2.24) is 10.6 Å². The van der Waals surface area contributed by atoms with Gasteiger partial charge in [0, 0.05) is 15.6 Å². The van der Waals surface area contributed by atoms with Crippen molar-refractivity contribution in [1.29, 1.82) is 0 Å². The second-order valence-electron chi connectivity index (χ2n) is 8.06. The van der Waals surface area contributed by atoms with Gasteiger partial charge >= 0.3 is 0 Å². The fourth-order valence-electron chi connectivity index (χ4n) is 4.52. The Labute approximate surface area is 210 Å². The van der Waals surface area contributed by atoms with Gasteiger partial charge in [-0.3, -0.25) is 9.59 Å². The highest BCUT2D eigenvalue weighted by atomic mass is 35.5. The quantitative estimate of drug-likeness (QED) is 0.348. The van der Waals surface area contributed by atoms with Crippen LogP contribution in [0.3, 0.4) is 0 Å². The molecule has 6 rings (SSSR count). The van der Waals surface area contributed by atoms with Crippen molar-refractivity contribution >= 4 is 63.9 Å². The van der Waals surface area contributed by atoms with E-state index in [4.69, 9.17) is 23.8 Å². The summed E-state index contributed by atoms with van der Waals surface area (Å²) in [6.45, 7) is 0. The number of anilines is 2. The van der Waals surface area contributed by atoms with Gasteiger partial charge in [0.1, 0.15) is 0 Å². The van der Waals surface area contributed by atoms with Crippen LogP contribution in [-0.4, -0.2) is 21.8 Å². The van der Waals surface area contributed by atoms with Crippen LogP contribution < -0.4 is 20.9 Å². The second-order valence-corrected chi connectivity index (χ2v) is 10.2. The van der Waals surface area contributed by atoms with E-state index in [1.54, 1.807) is 36.4 Å². The summed E-state index contributed by atoms with van der Waals surface area (Å²) >= 11 is 13.0. The van der Waals surface area contributed by atoms with Gasteiger partial charge in [-0.2, -0.15) is 0 Å².